The summed E-state index contributed by atoms with van der Waals surface area (Å²) in [5.41, 5.74) is 0. The average Bonchev–Trinajstić information content (AvgIpc) is 3.41. The van der Waals surface area contributed by atoms with Gasteiger partial charge in [0.05, 0.1) is 0 Å². The second-order valence-corrected chi connectivity index (χ2v) is 21.6. The molecule has 0 aromatic rings. The maximum Gasteiger partial charge on any atom is 0.306 e. The number of carbonyl (C=O) groups excluding carboxylic acids is 3. The van der Waals surface area contributed by atoms with Gasteiger partial charge in [-0.15, -0.1) is 0 Å². The summed E-state index contributed by atoms with van der Waals surface area (Å²) in [7, 11) is 0. The minimum atomic E-state index is -0.775. The van der Waals surface area contributed by atoms with Gasteiger partial charge in [0.25, 0.3) is 0 Å². The molecule has 0 aliphatic rings. The highest BCUT2D eigenvalue weighted by Gasteiger charge is 2.19. The van der Waals surface area contributed by atoms with Gasteiger partial charge in [0, 0.05) is 19.3 Å². The Balaban J connectivity index is 4.07. The van der Waals surface area contributed by atoms with Gasteiger partial charge in [-0.1, -0.05) is 293 Å². The Kier molecular flexibility index (Phi) is 60.7. The van der Waals surface area contributed by atoms with Crippen LogP contribution in [-0.2, 0) is 28.6 Å². The van der Waals surface area contributed by atoms with E-state index in [0.29, 0.717) is 19.3 Å². The molecule has 0 saturated heterocycles. The average molecular weight is 1050 g/mol. The third-order valence-corrected chi connectivity index (χ3v) is 14.2. The van der Waals surface area contributed by atoms with Gasteiger partial charge in [0.1, 0.15) is 13.2 Å². The minimum absolute atomic E-state index is 0.0731. The summed E-state index contributed by atoms with van der Waals surface area (Å²) in [6.07, 6.45) is 82.1. The molecule has 0 spiro atoms. The summed E-state index contributed by atoms with van der Waals surface area (Å²) in [4.78, 5) is 38.2. The molecule has 0 rings (SSSR count). The van der Waals surface area contributed by atoms with E-state index in [2.05, 4.69) is 93.7 Å². The molecule has 0 N–H and O–H groups in total. The number of unbranched alkanes of at least 4 members (excludes halogenated alkanes) is 36. The lowest BCUT2D eigenvalue weighted by molar-refractivity contribution is -0.167. The molecule has 0 amide bonds. The van der Waals surface area contributed by atoms with E-state index in [1.54, 1.807) is 0 Å². The van der Waals surface area contributed by atoms with Crippen molar-refractivity contribution in [2.24, 2.45) is 0 Å². The largest absolute Gasteiger partial charge is 0.462 e. The molecule has 0 radical (unpaired) electrons. The van der Waals surface area contributed by atoms with Crippen LogP contribution in [0.3, 0.4) is 0 Å². The van der Waals surface area contributed by atoms with Crippen LogP contribution in [0.4, 0.5) is 0 Å². The van der Waals surface area contributed by atoms with Gasteiger partial charge in [0.15, 0.2) is 6.10 Å². The zero-order chi connectivity index (χ0) is 54.3. The van der Waals surface area contributed by atoms with Crippen molar-refractivity contribution in [3.63, 3.8) is 0 Å². The molecule has 1 unspecified atom stereocenters. The number of rotatable bonds is 59. The second-order valence-electron chi connectivity index (χ2n) is 21.6. The van der Waals surface area contributed by atoms with Crippen molar-refractivity contribution in [1.29, 1.82) is 0 Å². The Bertz CT molecular complexity index is 1390. The second kappa shape index (κ2) is 63.4. The van der Waals surface area contributed by atoms with E-state index in [9.17, 15) is 14.4 Å². The lowest BCUT2D eigenvalue weighted by Gasteiger charge is -2.18. The van der Waals surface area contributed by atoms with Crippen molar-refractivity contribution in [2.75, 3.05) is 13.2 Å². The van der Waals surface area contributed by atoms with Crippen LogP contribution in [0.2, 0.25) is 0 Å². The van der Waals surface area contributed by atoms with Gasteiger partial charge in [0.2, 0.25) is 0 Å². The molecule has 0 aromatic heterocycles. The predicted octanol–water partition coefficient (Wildman–Crippen LogP) is 22.1. The van der Waals surface area contributed by atoms with Crippen LogP contribution in [0, 0.1) is 0 Å². The van der Waals surface area contributed by atoms with Gasteiger partial charge >= 0.3 is 17.9 Å². The summed E-state index contributed by atoms with van der Waals surface area (Å²) < 4.78 is 16.9. The summed E-state index contributed by atoms with van der Waals surface area (Å²) in [6.45, 7) is 6.53. The van der Waals surface area contributed by atoms with E-state index in [0.717, 1.165) is 96.3 Å². The molecule has 1 atom stereocenters. The van der Waals surface area contributed by atoms with E-state index >= 15 is 0 Å². The predicted molar refractivity (Wildman–Crippen MR) is 325 cm³/mol. The summed E-state index contributed by atoms with van der Waals surface area (Å²) >= 11 is 0. The summed E-state index contributed by atoms with van der Waals surface area (Å²) in [5, 5.41) is 0. The smallest absolute Gasteiger partial charge is 0.306 e. The van der Waals surface area contributed by atoms with E-state index in [1.165, 1.54) is 193 Å². The van der Waals surface area contributed by atoms with Crippen molar-refractivity contribution < 1.29 is 28.6 Å². The molecule has 0 aromatic carbocycles. The SMILES string of the molecule is CC/C=C\C/C=C\C/C=C\C/C=C\C/C=C\CCCCCCCCCCCCCCCCCCCC(=O)OCC(COC(=O)CCCCCCCCCCCCC)OC(=O)CCCCCCC/C=C\CCCCCC. The first-order valence-corrected chi connectivity index (χ1v) is 32.4. The normalized spacial score (nSPS) is 12.5. The van der Waals surface area contributed by atoms with Crippen LogP contribution in [0.25, 0.3) is 0 Å². The number of carbonyl (C=O) groups is 3. The maximum absolute atomic E-state index is 12.8. The fourth-order valence-electron chi connectivity index (χ4n) is 9.35. The molecule has 434 valence electrons. The molecule has 0 aliphatic carbocycles. The Morgan fingerprint density at radius 3 is 0.840 bits per heavy atom. The molecule has 0 bridgehead atoms. The van der Waals surface area contributed by atoms with Gasteiger partial charge < -0.3 is 14.2 Å². The van der Waals surface area contributed by atoms with Crippen LogP contribution >= 0.6 is 0 Å². The highest BCUT2D eigenvalue weighted by Crippen LogP contribution is 2.17. The highest BCUT2D eigenvalue weighted by molar-refractivity contribution is 5.71. The molecule has 0 aliphatic heterocycles. The molecular formula is C69H122O6. The number of hydrogen-bond acceptors (Lipinski definition) is 6. The van der Waals surface area contributed by atoms with Gasteiger partial charge in [-0.3, -0.25) is 14.4 Å². The van der Waals surface area contributed by atoms with E-state index in [-0.39, 0.29) is 31.1 Å². The fourth-order valence-corrected chi connectivity index (χ4v) is 9.35. The Labute approximate surface area is 465 Å². The molecular weight excluding hydrogens is 925 g/mol. The van der Waals surface area contributed by atoms with Gasteiger partial charge in [-0.05, 0) is 89.9 Å². The van der Waals surface area contributed by atoms with E-state index in [4.69, 9.17) is 14.2 Å². The Morgan fingerprint density at radius 2 is 0.520 bits per heavy atom. The maximum atomic E-state index is 12.8. The Hall–Kier alpha value is -3.15. The first-order valence-electron chi connectivity index (χ1n) is 32.4. The first kappa shape index (κ1) is 71.8. The third kappa shape index (κ3) is 61.6. The molecule has 75 heavy (non-hydrogen) atoms. The zero-order valence-electron chi connectivity index (χ0n) is 49.8. The molecule has 0 heterocycles. The van der Waals surface area contributed by atoms with Crippen molar-refractivity contribution in [1.82, 2.24) is 0 Å². The van der Waals surface area contributed by atoms with E-state index < -0.39 is 6.10 Å². The third-order valence-electron chi connectivity index (χ3n) is 14.2. The van der Waals surface area contributed by atoms with Crippen molar-refractivity contribution in [3.05, 3.63) is 72.9 Å². The number of ether oxygens (including phenoxy) is 3. The summed E-state index contributed by atoms with van der Waals surface area (Å²) in [5.74, 6) is -0.867. The quantitative estimate of drug-likeness (QED) is 0.0261. The molecule has 0 saturated carbocycles. The standard InChI is InChI=1S/C69H122O6/c1-4-7-10-13-16-19-22-24-25-26-27-28-29-30-31-32-33-34-35-36-37-38-39-40-41-42-43-45-47-50-53-56-59-62-68(71)74-65-66(64-73-67(70)61-58-55-52-49-46-21-18-15-12-9-6-3)75-69(72)63-60-57-54-51-48-44-23-20-17-14-11-8-5-2/h7,10,16,19-20,23-25,27-28,30-31,66H,4-6,8-9,11-15,17-18,21-22,26,29,32-65H2,1-3H3/b10-7-,19-16-,23-20-,25-24-,28-27-,31-30-. The van der Waals surface area contributed by atoms with Crippen LogP contribution in [0.5, 0.6) is 0 Å². The number of hydrogen-bond donors (Lipinski definition) is 0. The number of esters is 3. The van der Waals surface area contributed by atoms with Crippen LogP contribution < -0.4 is 0 Å². The molecule has 6 nitrogen and oxygen atoms in total. The first-order chi connectivity index (χ1) is 37.0. The number of allylic oxidation sites excluding steroid dienone is 12. The topological polar surface area (TPSA) is 78.9 Å². The zero-order valence-corrected chi connectivity index (χ0v) is 49.8. The van der Waals surface area contributed by atoms with Crippen LogP contribution in [0.1, 0.15) is 329 Å². The minimum Gasteiger partial charge on any atom is -0.462 e. The van der Waals surface area contributed by atoms with Crippen LogP contribution in [-0.4, -0.2) is 37.2 Å². The fraction of sp³-hybridized carbons (Fsp3) is 0.783. The van der Waals surface area contributed by atoms with Gasteiger partial charge in [-0.25, -0.2) is 0 Å². The van der Waals surface area contributed by atoms with Crippen LogP contribution in [0.15, 0.2) is 72.9 Å². The van der Waals surface area contributed by atoms with Crippen molar-refractivity contribution in [3.8, 4) is 0 Å². The molecule has 0 fully saturated rings. The lowest BCUT2D eigenvalue weighted by atomic mass is 10.0. The Morgan fingerprint density at radius 1 is 0.280 bits per heavy atom. The van der Waals surface area contributed by atoms with Gasteiger partial charge in [-0.2, -0.15) is 0 Å². The highest BCUT2D eigenvalue weighted by atomic mass is 16.6. The van der Waals surface area contributed by atoms with E-state index in [1.807, 2.05) is 0 Å². The summed E-state index contributed by atoms with van der Waals surface area (Å²) in [6, 6.07) is 0. The lowest BCUT2D eigenvalue weighted by Crippen LogP contribution is -2.30. The van der Waals surface area contributed by atoms with Crippen molar-refractivity contribution in [2.45, 2.75) is 335 Å². The monoisotopic (exact) mass is 1050 g/mol. The van der Waals surface area contributed by atoms with Crippen molar-refractivity contribution >= 4 is 17.9 Å². The molecule has 6 heteroatoms.